The Morgan fingerprint density at radius 1 is 1.35 bits per heavy atom. The minimum Gasteiger partial charge on any atom is -0.347 e. The summed E-state index contributed by atoms with van der Waals surface area (Å²) in [5.74, 6) is 0.890. The molecule has 1 aromatic carbocycles. The molecule has 0 spiro atoms. The van der Waals surface area contributed by atoms with Crippen molar-refractivity contribution in [1.82, 2.24) is 19.8 Å². The number of nitrogens with zero attached hydrogens (tertiary/aromatic N) is 3. The van der Waals surface area contributed by atoms with Crippen LogP contribution in [0.4, 0.5) is 0 Å². The minimum absolute atomic E-state index is 0.101. The third-order valence-electron chi connectivity index (χ3n) is 4.19. The summed E-state index contributed by atoms with van der Waals surface area (Å²) >= 11 is 0. The predicted octanol–water partition coefficient (Wildman–Crippen LogP) is 2.35. The maximum Gasteiger partial charge on any atom is 0.271 e. The van der Waals surface area contributed by atoms with Gasteiger partial charge in [-0.1, -0.05) is 36.8 Å². The maximum atomic E-state index is 12.3. The van der Waals surface area contributed by atoms with Gasteiger partial charge in [0.1, 0.15) is 11.5 Å². The van der Waals surface area contributed by atoms with E-state index in [4.69, 9.17) is 0 Å². The number of rotatable bonds is 5. The standard InChI is InChI=1S/C18H24N4O/c1-3-7-21-8-9-22-12-16(20-17(22)13-21)18(23)19-11-15-6-4-5-14(2)10-15/h4-6,10,12H,3,7-9,11,13H2,1-2H3,(H,19,23). The zero-order chi connectivity index (χ0) is 16.2. The third-order valence-corrected chi connectivity index (χ3v) is 4.19. The van der Waals surface area contributed by atoms with E-state index in [-0.39, 0.29) is 5.91 Å². The van der Waals surface area contributed by atoms with Crippen molar-refractivity contribution < 1.29 is 4.79 Å². The van der Waals surface area contributed by atoms with Crippen LogP contribution in [-0.2, 0) is 19.6 Å². The summed E-state index contributed by atoms with van der Waals surface area (Å²) < 4.78 is 2.10. The molecular weight excluding hydrogens is 288 g/mol. The lowest BCUT2D eigenvalue weighted by Crippen LogP contribution is -2.34. The first kappa shape index (κ1) is 15.7. The van der Waals surface area contributed by atoms with Crippen LogP contribution >= 0.6 is 0 Å². The van der Waals surface area contributed by atoms with E-state index in [1.807, 2.05) is 18.3 Å². The van der Waals surface area contributed by atoms with Crippen molar-refractivity contribution in [2.75, 3.05) is 13.1 Å². The third kappa shape index (κ3) is 3.79. The highest BCUT2D eigenvalue weighted by Crippen LogP contribution is 2.13. The van der Waals surface area contributed by atoms with E-state index in [2.05, 4.69) is 45.7 Å². The highest BCUT2D eigenvalue weighted by molar-refractivity contribution is 5.92. The molecular formula is C18H24N4O. The molecule has 2 heterocycles. The number of hydrogen-bond acceptors (Lipinski definition) is 3. The quantitative estimate of drug-likeness (QED) is 0.922. The molecule has 5 heteroatoms. The smallest absolute Gasteiger partial charge is 0.271 e. The summed E-state index contributed by atoms with van der Waals surface area (Å²) in [6.07, 6.45) is 3.02. The fourth-order valence-corrected chi connectivity index (χ4v) is 3.01. The topological polar surface area (TPSA) is 50.2 Å². The Hall–Kier alpha value is -2.14. The molecule has 1 aliphatic heterocycles. The van der Waals surface area contributed by atoms with Crippen LogP contribution in [0.25, 0.3) is 0 Å². The summed E-state index contributed by atoms with van der Waals surface area (Å²) in [6, 6.07) is 8.17. The van der Waals surface area contributed by atoms with E-state index in [0.29, 0.717) is 12.2 Å². The summed E-state index contributed by atoms with van der Waals surface area (Å²) in [4.78, 5) is 19.2. The molecule has 2 aromatic rings. The molecule has 0 saturated carbocycles. The fraction of sp³-hybridized carbons (Fsp3) is 0.444. The largest absolute Gasteiger partial charge is 0.347 e. The number of fused-ring (bicyclic) bond motifs is 1. The number of hydrogen-bond donors (Lipinski definition) is 1. The lowest BCUT2D eigenvalue weighted by molar-refractivity contribution is 0.0946. The van der Waals surface area contributed by atoms with Gasteiger partial charge in [-0.3, -0.25) is 9.69 Å². The molecule has 0 bridgehead atoms. The van der Waals surface area contributed by atoms with E-state index >= 15 is 0 Å². The number of aryl methyl sites for hydroxylation is 1. The Bertz CT molecular complexity index is 692. The molecule has 5 nitrogen and oxygen atoms in total. The number of carbonyl (C=O) groups is 1. The second-order valence-corrected chi connectivity index (χ2v) is 6.18. The van der Waals surface area contributed by atoms with Gasteiger partial charge >= 0.3 is 0 Å². The van der Waals surface area contributed by atoms with Gasteiger partial charge in [0, 0.05) is 25.8 Å². The van der Waals surface area contributed by atoms with Gasteiger partial charge in [-0.25, -0.2) is 4.98 Å². The van der Waals surface area contributed by atoms with Crippen molar-refractivity contribution in [3.05, 3.63) is 53.1 Å². The number of aromatic nitrogens is 2. The van der Waals surface area contributed by atoms with Crippen LogP contribution in [0.5, 0.6) is 0 Å². The van der Waals surface area contributed by atoms with Crippen molar-refractivity contribution >= 4 is 5.91 Å². The second-order valence-electron chi connectivity index (χ2n) is 6.18. The molecule has 0 radical (unpaired) electrons. The minimum atomic E-state index is -0.101. The van der Waals surface area contributed by atoms with E-state index < -0.39 is 0 Å². The highest BCUT2D eigenvalue weighted by Gasteiger charge is 2.20. The lowest BCUT2D eigenvalue weighted by atomic mass is 10.1. The molecule has 1 aromatic heterocycles. The monoisotopic (exact) mass is 312 g/mol. The Balaban J connectivity index is 1.62. The summed E-state index contributed by atoms with van der Waals surface area (Å²) in [5.41, 5.74) is 2.83. The van der Waals surface area contributed by atoms with Crippen molar-refractivity contribution in [2.45, 2.75) is 39.9 Å². The lowest BCUT2D eigenvalue weighted by Gasteiger charge is -2.26. The first-order valence-corrected chi connectivity index (χ1v) is 8.28. The molecule has 1 amide bonds. The van der Waals surface area contributed by atoms with Gasteiger partial charge in [0.2, 0.25) is 0 Å². The molecule has 1 N–H and O–H groups in total. The normalized spacial score (nSPS) is 14.5. The molecule has 0 atom stereocenters. The first-order valence-electron chi connectivity index (χ1n) is 8.28. The number of carbonyl (C=O) groups excluding carboxylic acids is 1. The van der Waals surface area contributed by atoms with Gasteiger partial charge in [0.25, 0.3) is 5.91 Å². The zero-order valence-electron chi connectivity index (χ0n) is 13.9. The molecule has 122 valence electrons. The second kappa shape index (κ2) is 6.96. The van der Waals surface area contributed by atoms with Crippen LogP contribution in [0, 0.1) is 6.92 Å². The van der Waals surface area contributed by atoms with E-state index in [9.17, 15) is 4.79 Å². The Morgan fingerprint density at radius 3 is 3.00 bits per heavy atom. The molecule has 0 fully saturated rings. The Morgan fingerprint density at radius 2 is 2.22 bits per heavy atom. The molecule has 0 unspecified atom stereocenters. The molecule has 0 saturated heterocycles. The van der Waals surface area contributed by atoms with Crippen molar-refractivity contribution in [1.29, 1.82) is 0 Å². The Kier molecular flexibility index (Phi) is 4.76. The number of amides is 1. The van der Waals surface area contributed by atoms with E-state index in [1.54, 1.807) is 0 Å². The van der Waals surface area contributed by atoms with Crippen molar-refractivity contribution in [3.8, 4) is 0 Å². The van der Waals surface area contributed by atoms with Crippen molar-refractivity contribution in [3.63, 3.8) is 0 Å². The SMILES string of the molecule is CCCN1CCn2cc(C(=O)NCc3cccc(C)c3)nc2C1. The average Bonchev–Trinajstić information content (AvgIpc) is 2.96. The van der Waals surface area contributed by atoms with Gasteiger partial charge in [0.05, 0.1) is 6.54 Å². The highest BCUT2D eigenvalue weighted by atomic mass is 16.1. The molecule has 0 aliphatic carbocycles. The van der Waals surface area contributed by atoms with Gasteiger partial charge in [-0.2, -0.15) is 0 Å². The van der Waals surface area contributed by atoms with Crippen LogP contribution in [-0.4, -0.2) is 33.4 Å². The number of nitrogens with one attached hydrogen (secondary N) is 1. The molecule has 23 heavy (non-hydrogen) atoms. The summed E-state index contributed by atoms with van der Waals surface area (Å²) in [7, 11) is 0. The zero-order valence-corrected chi connectivity index (χ0v) is 13.9. The number of benzene rings is 1. The predicted molar refractivity (Wildman–Crippen MR) is 90.1 cm³/mol. The molecule has 1 aliphatic rings. The van der Waals surface area contributed by atoms with E-state index in [0.717, 1.165) is 44.0 Å². The van der Waals surface area contributed by atoms with Crippen molar-refractivity contribution in [2.24, 2.45) is 0 Å². The van der Waals surface area contributed by atoms with Gasteiger partial charge in [-0.05, 0) is 25.5 Å². The van der Waals surface area contributed by atoms with Crippen LogP contribution in [0.1, 0.15) is 40.8 Å². The van der Waals surface area contributed by atoms with Crippen LogP contribution < -0.4 is 5.32 Å². The van der Waals surface area contributed by atoms with E-state index in [1.165, 1.54) is 5.56 Å². The van der Waals surface area contributed by atoms with Crippen LogP contribution in [0.15, 0.2) is 30.5 Å². The summed E-state index contributed by atoms with van der Waals surface area (Å²) in [5, 5.41) is 2.96. The average molecular weight is 312 g/mol. The first-order chi connectivity index (χ1) is 11.2. The van der Waals surface area contributed by atoms with Gasteiger partial charge < -0.3 is 9.88 Å². The summed E-state index contributed by atoms with van der Waals surface area (Å²) in [6.45, 7) is 8.63. The fourth-order valence-electron chi connectivity index (χ4n) is 3.01. The number of imidazole rings is 1. The van der Waals surface area contributed by atoms with Crippen LogP contribution in [0.2, 0.25) is 0 Å². The van der Waals surface area contributed by atoms with Gasteiger partial charge in [0.15, 0.2) is 0 Å². The maximum absolute atomic E-state index is 12.3. The van der Waals surface area contributed by atoms with Crippen LogP contribution in [0.3, 0.4) is 0 Å². The van der Waals surface area contributed by atoms with Gasteiger partial charge in [-0.15, -0.1) is 0 Å². The molecule has 3 rings (SSSR count). The Labute approximate surface area is 137 Å².